The quantitative estimate of drug-likeness (QED) is 0.845. The number of ether oxygens (including phenoxy) is 1. The molecule has 1 aromatic rings. The Morgan fingerprint density at radius 2 is 2.05 bits per heavy atom. The molecule has 0 radical (unpaired) electrons. The van der Waals surface area contributed by atoms with E-state index < -0.39 is 0 Å². The smallest absolute Gasteiger partial charge is 0.223 e. The average Bonchev–Trinajstić information content (AvgIpc) is 2.49. The van der Waals surface area contributed by atoms with Crippen LogP contribution < -0.4 is 10.6 Å². The van der Waals surface area contributed by atoms with Crippen molar-refractivity contribution in [3.05, 3.63) is 35.9 Å². The molecule has 1 aliphatic heterocycles. The summed E-state index contributed by atoms with van der Waals surface area (Å²) in [5.41, 5.74) is 1.09. The number of hydrogen-bond donors (Lipinski definition) is 2. The second-order valence-electron chi connectivity index (χ2n) is 4.90. The van der Waals surface area contributed by atoms with Crippen LogP contribution in [0.1, 0.15) is 24.5 Å². The van der Waals surface area contributed by atoms with Gasteiger partial charge in [-0.1, -0.05) is 30.3 Å². The monoisotopic (exact) mass is 262 g/mol. The van der Waals surface area contributed by atoms with Gasteiger partial charge in [0.25, 0.3) is 0 Å². The molecule has 1 aliphatic rings. The Kier molecular flexibility index (Phi) is 5.36. The van der Waals surface area contributed by atoms with Gasteiger partial charge in [-0.25, -0.2) is 0 Å². The number of methoxy groups -OCH3 is 1. The Bertz CT molecular complexity index is 388. The van der Waals surface area contributed by atoms with E-state index in [4.69, 9.17) is 4.74 Å². The molecule has 1 aromatic carbocycles. The fourth-order valence-electron chi connectivity index (χ4n) is 2.43. The zero-order chi connectivity index (χ0) is 13.5. The maximum absolute atomic E-state index is 12.1. The van der Waals surface area contributed by atoms with Crippen molar-refractivity contribution in [3.63, 3.8) is 0 Å². The molecule has 0 aliphatic carbocycles. The predicted molar refractivity (Wildman–Crippen MR) is 74.8 cm³/mol. The van der Waals surface area contributed by atoms with Crippen molar-refractivity contribution < 1.29 is 9.53 Å². The van der Waals surface area contributed by atoms with Gasteiger partial charge < -0.3 is 15.4 Å². The molecule has 1 unspecified atom stereocenters. The van der Waals surface area contributed by atoms with Gasteiger partial charge in [0.1, 0.15) is 0 Å². The topological polar surface area (TPSA) is 50.4 Å². The lowest BCUT2D eigenvalue weighted by atomic mass is 9.97. The maximum Gasteiger partial charge on any atom is 0.223 e. The van der Waals surface area contributed by atoms with Gasteiger partial charge in [-0.2, -0.15) is 0 Å². The molecule has 0 spiro atoms. The van der Waals surface area contributed by atoms with E-state index in [1.807, 2.05) is 30.3 Å². The summed E-state index contributed by atoms with van der Waals surface area (Å²) < 4.78 is 5.45. The lowest BCUT2D eigenvalue weighted by Crippen LogP contribution is -2.39. The molecule has 1 heterocycles. The Labute approximate surface area is 114 Å². The Morgan fingerprint density at radius 3 is 2.68 bits per heavy atom. The molecule has 4 nitrogen and oxygen atoms in total. The molecular weight excluding hydrogens is 240 g/mol. The minimum atomic E-state index is -0.0770. The molecule has 1 fully saturated rings. The van der Waals surface area contributed by atoms with Crippen LogP contribution in [0.2, 0.25) is 0 Å². The molecule has 19 heavy (non-hydrogen) atoms. The average molecular weight is 262 g/mol. The van der Waals surface area contributed by atoms with E-state index in [0.717, 1.165) is 31.5 Å². The van der Waals surface area contributed by atoms with Crippen molar-refractivity contribution in [2.24, 2.45) is 5.92 Å². The molecule has 2 N–H and O–H groups in total. The van der Waals surface area contributed by atoms with Gasteiger partial charge in [0.05, 0.1) is 6.10 Å². The molecule has 1 amide bonds. The van der Waals surface area contributed by atoms with Crippen LogP contribution in [-0.4, -0.2) is 32.7 Å². The molecule has 1 saturated heterocycles. The van der Waals surface area contributed by atoms with Gasteiger partial charge in [-0.15, -0.1) is 0 Å². The fourth-order valence-corrected chi connectivity index (χ4v) is 2.43. The van der Waals surface area contributed by atoms with Crippen molar-refractivity contribution >= 4 is 5.91 Å². The fraction of sp³-hybridized carbons (Fsp3) is 0.533. The standard InChI is InChI=1S/C15H22N2O2/c1-19-14(12-5-3-2-4-6-12)11-17-15(18)13-7-9-16-10-8-13/h2-6,13-14,16H,7-11H2,1H3,(H,17,18). The number of nitrogens with one attached hydrogen (secondary N) is 2. The number of carbonyl (C=O) groups is 1. The van der Waals surface area contributed by atoms with Crippen LogP contribution in [0, 0.1) is 5.92 Å². The van der Waals surface area contributed by atoms with E-state index in [1.165, 1.54) is 0 Å². The Balaban J connectivity index is 1.84. The third-order valence-electron chi connectivity index (χ3n) is 3.63. The highest BCUT2D eigenvalue weighted by Crippen LogP contribution is 2.16. The largest absolute Gasteiger partial charge is 0.375 e. The molecule has 2 rings (SSSR count). The summed E-state index contributed by atoms with van der Waals surface area (Å²) in [6, 6.07) is 9.98. The van der Waals surface area contributed by atoms with E-state index in [9.17, 15) is 4.79 Å². The van der Waals surface area contributed by atoms with E-state index in [1.54, 1.807) is 7.11 Å². The SMILES string of the molecule is COC(CNC(=O)C1CCNCC1)c1ccccc1. The van der Waals surface area contributed by atoms with Crippen LogP contribution in [0.15, 0.2) is 30.3 Å². The first kappa shape index (κ1) is 14.0. The minimum Gasteiger partial charge on any atom is -0.375 e. The van der Waals surface area contributed by atoms with Gasteiger partial charge in [-0.05, 0) is 31.5 Å². The summed E-state index contributed by atoms with van der Waals surface area (Å²) >= 11 is 0. The minimum absolute atomic E-state index is 0.0770. The number of hydrogen-bond acceptors (Lipinski definition) is 3. The third-order valence-corrected chi connectivity index (χ3v) is 3.63. The first-order chi connectivity index (χ1) is 9.31. The van der Waals surface area contributed by atoms with Crippen LogP contribution in [0.4, 0.5) is 0 Å². The van der Waals surface area contributed by atoms with Crippen LogP contribution >= 0.6 is 0 Å². The first-order valence-corrected chi connectivity index (χ1v) is 6.87. The molecule has 1 atom stereocenters. The number of piperidine rings is 1. The molecular formula is C15H22N2O2. The van der Waals surface area contributed by atoms with Crippen LogP contribution in [0.3, 0.4) is 0 Å². The highest BCUT2D eigenvalue weighted by Gasteiger charge is 2.21. The normalized spacial score (nSPS) is 17.9. The molecule has 0 aromatic heterocycles. The van der Waals surface area contributed by atoms with Crippen molar-refractivity contribution in [1.82, 2.24) is 10.6 Å². The van der Waals surface area contributed by atoms with Crippen molar-refractivity contribution in [2.75, 3.05) is 26.7 Å². The predicted octanol–water partition coefficient (Wildman–Crippen LogP) is 1.49. The second-order valence-corrected chi connectivity index (χ2v) is 4.90. The van der Waals surface area contributed by atoms with Gasteiger partial charge in [-0.3, -0.25) is 4.79 Å². The van der Waals surface area contributed by atoms with E-state index in [0.29, 0.717) is 6.54 Å². The van der Waals surface area contributed by atoms with E-state index in [-0.39, 0.29) is 17.9 Å². The van der Waals surface area contributed by atoms with Crippen LogP contribution in [-0.2, 0) is 9.53 Å². The zero-order valence-electron chi connectivity index (χ0n) is 11.4. The molecule has 104 valence electrons. The highest BCUT2D eigenvalue weighted by atomic mass is 16.5. The lowest BCUT2D eigenvalue weighted by molar-refractivity contribution is -0.126. The Morgan fingerprint density at radius 1 is 1.37 bits per heavy atom. The number of benzene rings is 1. The summed E-state index contributed by atoms with van der Waals surface area (Å²) in [5.74, 6) is 0.300. The maximum atomic E-state index is 12.1. The molecule has 0 bridgehead atoms. The lowest BCUT2D eigenvalue weighted by Gasteiger charge is -2.23. The summed E-state index contributed by atoms with van der Waals surface area (Å²) in [6.07, 6.45) is 1.77. The van der Waals surface area contributed by atoms with Crippen molar-refractivity contribution in [2.45, 2.75) is 18.9 Å². The summed E-state index contributed by atoms with van der Waals surface area (Å²) in [4.78, 5) is 12.1. The molecule has 4 heteroatoms. The Hall–Kier alpha value is -1.39. The van der Waals surface area contributed by atoms with E-state index in [2.05, 4.69) is 10.6 Å². The second kappa shape index (κ2) is 7.26. The van der Waals surface area contributed by atoms with Crippen LogP contribution in [0.25, 0.3) is 0 Å². The van der Waals surface area contributed by atoms with E-state index >= 15 is 0 Å². The van der Waals surface area contributed by atoms with Gasteiger partial charge in [0.2, 0.25) is 5.91 Å². The van der Waals surface area contributed by atoms with Gasteiger partial charge >= 0.3 is 0 Å². The van der Waals surface area contributed by atoms with Crippen molar-refractivity contribution in [1.29, 1.82) is 0 Å². The van der Waals surface area contributed by atoms with Crippen LogP contribution in [0.5, 0.6) is 0 Å². The number of rotatable bonds is 5. The first-order valence-electron chi connectivity index (χ1n) is 6.87. The van der Waals surface area contributed by atoms with Gasteiger partial charge in [0.15, 0.2) is 0 Å². The summed E-state index contributed by atoms with van der Waals surface area (Å²) in [7, 11) is 1.67. The van der Waals surface area contributed by atoms with Crippen molar-refractivity contribution in [3.8, 4) is 0 Å². The third kappa shape index (κ3) is 4.04. The number of amides is 1. The molecule has 0 saturated carbocycles. The highest BCUT2D eigenvalue weighted by molar-refractivity contribution is 5.78. The number of carbonyl (C=O) groups excluding carboxylic acids is 1. The summed E-state index contributed by atoms with van der Waals surface area (Å²) in [5, 5.41) is 6.28. The summed E-state index contributed by atoms with van der Waals surface area (Å²) in [6.45, 7) is 2.40. The van der Waals surface area contributed by atoms with Gasteiger partial charge in [0, 0.05) is 19.6 Å². The zero-order valence-corrected chi connectivity index (χ0v) is 11.4.